The highest BCUT2D eigenvalue weighted by atomic mass is 32.2. The van der Waals surface area contributed by atoms with Crippen molar-refractivity contribution >= 4 is 51.9 Å². The van der Waals surface area contributed by atoms with E-state index < -0.39 is 5.25 Å². The zero-order valence-electron chi connectivity index (χ0n) is 22.4. The second-order valence-corrected chi connectivity index (χ2v) is 10.6. The number of hydrogen-bond donors (Lipinski definition) is 3. The van der Waals surface area contributed by atoms with Gasteiger partial charge < -0.3 is 20.4 Å². The Balaban J connectivity index is 1.13. The second kappa shape index (κ2) is 12.4. The van der Waals surface area contributed by atoms with Gasteiger partial charge in [-0.1, -0.05) is 60.7 Å². The fourth-order valence-electron chi connectivity index (χ4n) is 4.37. The zero-order valence-corrected chi connectivity index (χ0v) is 23.2. The van der Waals surface area contributed by atoms with E-state index in [2.05, 4.69) is 20.9 Å². The zero-order chi connectivity index (χ0) is 28.7. The molecule has 5 aromatic carbocycles. The second-order valence-electron chi connectivity index (χ2n) is 9.43. The van der Waals surface area contributed by atoms with Crippen molar-refractivity contribution in [3.63, 3.8) is 0 Å². The molecule has 6 aromatic rings. The lowest BCUT2D eigenvalue weighted by molar-refractivity contribution is -0.115. The molecule has 0 saturated heterocycles. The summed E-state index contributed by atoms with van der Waals surface area (Å²) in [5.74, 6) is 0.382. The van der Waals surface area contributed by atoms with Gasteiger partial charge in [0, 0.05) is 27.5 Å². The van der Waals surface area contributed by atoms with Gasteiger partial charge in [0.15, 0.2) is 5.58 Å². The van der Waals surface area contributed by atoms with Crippen molar-refractivity contribution in [3.05, 3.63) is 139 Å². The molecule has 1 atom stereocenters. The number of para-hydroxylation sites is 3. The molecule has 1 heterocycles. The highest BCUT2D eigenvalue weighted by molar-refractivity contribution is 8.00. The minimum atomic E-state index is -0.497. The van der Waals surface area contributed by atoms with Crippen LogP contribution in [0.15, 0.2) is 143 Å². The fourth-order valence-corrected chi connectivity index (χ4v) is 5.39. The van der Waals surface area contributed by atoms with Crippen LogP contribution in [-0.2, 0) is 4.79 Å². The number of anilines is 3. The van der Waals surface area contributed by atoms with Crippen molar-refractivity contribution < 1.29 is 14.0 Å². The maximum absolute atomic E-state index is 13.5. The smallest absolute Gasteiger partial charge is 0.323 e. The summed E-state index contributed by atoms with van der Waals surface area (Å²) in [6.07, 6.45) is 0. The van der Waals surface area contributed by atoms with E-state index in [4.69, 9.17) is 4.42 Å². The largest absolute Gasteiger partial charge is 0.436 e. The molecule has 6 rings (SSSR count). The minimum Gasteiger partial charge on any atom is -0.436 e. The first-order chi connectivity index (χ1) is 20.6. The van der Waals surface area contributed by atoms with E-state index in [-0.39, 0.29) is 11.9 Å². The molecule has 206 valence electrons. The summed E-state index contributed by atoms with van der Waals surface area (Å²) in [6, 6.07) is 41.0. The van der Waals surface area contributed by atoms with Gasteiger partial charge in [-0.05, 0) is 78.4 Å². The molecular formula is C34H26N4O3S. The quantitative estimate of drug-likeness (QED) is 0.159. The Kier molecular flexibility index (Phi) is 7.96. The average Bonchev–Trinajstić information content (AvgIpc) is 3.46. The van der Waals surface area contributed by atoms with Crippen LogP contribution in [0.2, 0.25) is 0 Å². The number of aromatic nitrogens is 1. The number of nitrogens with zero attached hydrogens (tertiary/aromatic N) is 1. The van der Waals surface area contributed by atoms with Crippen molar-refractivity contribution in [3.8, 4) is 11.5 Å². The predicted octanol–water partition coefficient (Wildman–Crippen LogP) is 8.61. The number of carbonyl (C=O) groups is 2. The van der Waals surface area contributed by atoms with Gasteiger partial charge in [-0.15, -0.1) is 11.8 Å². The molecular weight excluding hydrogens is 544 g/mol. The van der Waals surface area contributed by atoms with Crippen LogP contribution in [0.4, 0.5) is 21.9 Å². The van der Waals surface area contributed by atoms with Gasteiger partial charge in [0.05, 0.1) is 0 Å². The van der Waals surface area contributed by atoms with E-state index in [1.165, 1.54) is 11.8 Å². The van der Waals surface area contributed by atoms with E-state index in [1.807, 2.05) is 133 Å². The predicted molar refractivity (Wildman–Crippen MR) is 169 cm³/mol. The Labute approximate surface area is 247 Å². The SMILES string of the molecule is O=C(Nc1ccccc1)Nc1ccc(SC(C(=O)Nc2ccc(-c3nc4ccccc4o3)cc2)c2ccccc2)cc1. The topological polar surface area (TPSA) is 96.3 Å². The summed E-state index contributed by atoms with van der Waals surface area (Å²) in [6.45, 7) is 0. The molecule has 0 aliphatic heterocycles. The van der Waals surface area contributed by atoms with Gasteiger partial charge in [0.25, 0.3) is 0 Å². The highest BCUT2D eigenvalue weighted by Crippen LogP contribution is 2.37. The van der Waals surface area contributed by atoms with Crippen molar-refractivity contribution in [2.24, 2.45) is 0 Å². The lowest BCUT2D eigenvalue weighted by atomic mass is 10.1. The fraction of sp³-hybridized carbons (Fsp3) is 0.0294. The molecule has 0 saturated carbocycles. The summed E-state index contributed by atoms with van der Waals surface area (Å²) >= 11 is 1.44. The lowest BCUT2D eigenvalue weighted by Crippen LogP contribution is -2.19. The molecule has 7 nitrogen and oxygen atoms in total. The van der Waals surface area contributed by atoms with Crippen LogP contribution in [0.3, 0.4) is 0 Å². The van der Waals surface area contributed by atoms with Crippen molar-refractivity contribution in [1.82, 2.24) is 4.98 Å². The number of fused-ring (bicyclic) bond motifs is 1. The highest BCUT2D eigenvalue weighted by Gasteiger charge is 2.22. The number of oxazole rings is 1. The van der Waals surface area contributed by atoms with Gasteiger partial charge in [-0.3, -0.25) is 4.79 Å². The van der Waals surface area contributed by atoms with E-state index in [1.54, 1.807) is 0 Å². The molecule has 0 aliphatic rings. The Bertz CT molecular complexity index is 1770. The number of rotatable bonds is 8. The third-order valence-corrected chi connectivity index (χ3v) is 7.70. The van der Waals surface area contributed by atoms with Gasteiger partial charge in [0.1, 0.15) is 10.8 Å². The van der Waals surface area contributed by atoms with Crippen LogP contribution in [0, 0.1) is 0 Å². The molecule has 0 radical (unpaired) electrons. The van der Waals surface area contributed by atoms with Crippen LogP contribution in [0.5, 0.6) is 0 Å². The summed E-state index contributed by atoms with van der Waals surface area (Å²) in [4.78, 5) is 31.3. The maximum atomic E-state index is 13.5. The number of benzene rings is 5. The first kappa shape index (κ1) is 26.9. The molecule has 3 N–H and O–H groups in total. The number of carbonyl (C=O) groups excluding carboxylic acids is 2. The first-order valence-corrected chi connectivity index (χ1v) is 14.2. The molecule has 1 unspecified atom stereocenters. The molecule has 0 bridgehead atoms. The molecule has 0 spiro atoms. The van der Waals surface area contributed by atoms with Crippen LogP contribution < -0.4 is 16.0 Å². The van der Waals surface area contributed by atoms with E-state index in [9.17, 15) is 9.59 Å². The van der Waals surface area contributed by atoms with E-state index in [0.717, 1.165) is 27.1 Å². The Morgan fingerprint density at radius 1 is 0.619 bits per heavy atom. The van der Waals surface area contributed by atoms with Gasteiger partial charge in [-0.2, -0.15) is 0 Å². The van der Waals surface area contributed by atoms with Gasteiger partial charge in [0.2, 0.25) is 11.8 Å². The maximum Gasteiger partial charge on any atom is 0.323 e. The minimum absolute atomic E-state index is 0.148. The summed E-state index contributed by atoms with van der Waals surface area (Å²) in [5.41, 5.74) is 5.26. The van der Waals surface area contributed by atoms with Crippen molar-refractivity contribution in [2.75, 3.05) is 16.0 Å². The van der Waals surface area contributed by atoms with Crippen molar-refractivity contribution in [1.29, 1.82) is 0 Å². The Hall–Kier alpha value is -5.34. The molecule has 3 amide bonds. The summed E-state index contributed by atoms with van der Waals surface area (Å²) < 4.78 is 5.87. The third-order valence-electron chi connectivity index (χ3n) is 6.43. The lowest BCUT2D eigenvalue weighted by Gasteiger charge is -2.17. The van der Waals surface area contributed by atoms with E-state index in [0.29, 0.717) is 23.0 Å². The molecule has 42 heavy (non-hydrogen) atoms. The summed E-state index contributed by atoms with van der Waals surface area (Å²) in [5, 5.41) is 8.18. The third kappa shape index (κ3) is 6.51. The number of thioether (sulfide) groups is 1. The number of hydrogen-bond acceptors (Lipinski definition) is 5. The van der Waals surface area contributed by atoms with Crippen LogP contribution >= 0.6 is 11.8 Å². The van der Waals surface area contributed by atoms with Gasteiger partial charge >= 0.3 is 6.03 Å². The van der Waals surface area contributed by atoms with E-state index >= 15 is 0 Å². The standard InChI is InChI=1S/C34H26N4O3S/c39-32(35-26-17-15-24(16-18-26)33-38-29-13-7-8-14-30(29)41-33)31(23-9-3-1-4-10-23)42-28-21-19-27(20-22-28)37-34(40)36-25-11-5-2-6-12-25/h1-22,31H,(H,35,39)(H2,36,37,40). The van der Waals surface area contributed by atoms with Crippen molar-refractivity contribution in [2.45, 2.75) is 10.1 Å². The Morgan fingerprint density at radius 2 is 1.19 bits per heavy atom. The molecule has 0 aliphatic carbocycles. The van der Waals surface area contributed by atoms with Crippen LogP contribution in [-0.4, -0.2) is 16.9 Å². The number of amides is 3. The summed E-state index contributed by atoms with van der Waals surface area (Å²) in [7, 11) is 0. The monoisotopic (exact) mass is 570 g/mol. The Morgan fingerprint density at radius 3 is 1.88 bits per heavy atom. The molecule has 8 heteroatoms. The molecule has 0 fully saturated rings. The first-order valence-electron chi connectivity index (χ1n) is 13.3. The van der Waals surface area contributed by atoms with Crippen LogP contribution in [0.1, 0.15) is 10.8 Å². The average molecular weight is 571 g/mol. The molecule has 1 aromatic heterocycles. The number of urea groups is 1. The number of nitrogens with one attached hydrogen (secondary N) is 3. The van der Waals surface area contributed by atoms with Crippen LogP contribution in [0.25, 0.3) is 22.6 Å². The van der Waals surface area contributed by atoms with Gasteiger partial charge in [-0.25, -0.2) is 9.78 Å². The normalized spacial score (nSPS) is 11.5.